The third-order valence-electron chi connectivity index (χ3n) is 7.62. The Morgan fingerprint density at radius 1 is 1.03 bits per heavy atom. The number of anilines is 1. The molecular weight excluding hydrogens is 515 g/mol. The van der Waals surface area contributed by atoms with Crippen LogP contribution < -0.4 is 5.32 Å². The maximum Gasteiger partial charge on any atom is 0.321 e. The lowest BCUT2D eigenvalue weighted by atomic mass is 9.84. The van der Waals surface area contributed by atoms with Crippen LogP contribution in [0.4, 0.5) is 5.69 Å². The van der Waals surface area contributed by atoms with Gasteiger partial charge in [-0.05, 0) is 92.7 Å². The predicted molar refractivity (Wildman–Crippen MR) is 150 cm³/mol. The Kier molecular flexibility index (Phi) is 7.72. The molecule has 1 unspecified atom stereocenters. The maximum absolute atomic E-state index is 12.4. The van der Waals surface area contributed by atoms with Crippen molar-refractivity contribution in [3.63, 3.8) is 0 Å². The molecule has 0 radical (unpaired) electrons. The molecule has 3 aromatic rings. The number of carboxylic acids is 1. The average molecular weight is 546 g/mol. The number of benzene rings is 2. The molecule has 1 atom stereocenters. The zero-order valence-corrected chi connectivity index (χ0v) is 22.3. The number of fused-ring (bicyclic) bond motifs is 1. The largest absolute Gasteiger partial charge is 0.480 e. The molecule has 0 saturated carbocycles. The first-order valence-corrected chi connectivity index (χ1v) is 13.6. The van der Waals surface area contributed by atoms with Crippen molar-refractivity contribution in [3.8, 4) is 0 Å². The van der Waals surface area contributed by atoms with Gasteiger partial charge < -0.3 is 20.3 Å². The third kappa shape index (κ3) is 5.49. The lowest BCUT2D eigenvalue weighted by Gasteiger charge is -2.42. The Morgan fingerprint density at radius 2 is 1.69 bits per heavy atom. The summed E-state index contributed by atoms with van der Waals surface area (Å²) < 4.78 is 0. The van der Waals surface area contributed by atoms with Crippen molar-refractivity contribution in [2.45, 2.75) is 37.6 Å². The van der Waals surface area contributed by atoms with Gasteiger partial charge in [0.1, 0.15) is 6.04 Å². The topological polar surface area (TPSA) is 71.6 Å². The lowest BCUT2D eigenvalue weighted by molar-refractivity contribution is -0.146. The second-order valence-corrected chi connectivity index (χ2v) is 11.1. The summed E-state index contributed by atoms with van der Waals surface area (Å²) >= 11 is 17.8. The molecule has 2 aliphatic rings. The first-order valence-electron chi connectivity index (χ1n) is 12.4. The molecule has 6 nitrogen and oxygen atoms in total. The number of hydrogen-bond acceptors (Lipinski definition) is 3. The van der Waals surface area contributed by atoms with Crippen LogP contribution in [0.3, 0.4) is 0 Å². The number of aromatic nitrogens is 1. The van der Waals surface area contributed by atoms with E-state index in [1.54, 1.807) is 18.2 Å². The van der Waals surface area contributed by atoms with Crippen molar-refractivity contribution in [1.29, 1.82) is 0 Å². The monoisotopic (exact) mass is 544 g/mol. The number of H-pyrrole nitrogens is 1. The molecule has 190 valence electrons. The summed E-state index contributed by atoms with van der Waals surface area (Å²) in [6, 6.07) is 13.2. The van der Waals surface area contributed by atoms with E-state index < -0.39 is 12.0 Å². The van der Waals surface area contributed by atoms with Crippen LogP contribution in [-0.2, 0) is 4.79 Å². The van der Waals surface area contributed by atoms with Crippen molar-refractivity contribution in [2.24, 2.45) is 5.92 Å². The van der Waals surface area contributed by atoms with E-state index in [1.165, 1.54) is 10.9 Å². The second-order valence-electron chi connectivity index (χ2n) is 9.80. The first-order chi connectivity index (χ1) is 17.4. The number of para-hydroxylation sites is 1. The molecule has 5 rings (SSSR count). The average Bonchev–Trinajstić information content (AvgIpc) is 3.28. The standard InChI is InChI=1S/C27H30Cl2N4O2S/c28-19-13-20(29)15-21(14-19)31-27(36)33-11-7-18(8-12-33)25(26(34)35)32-9-5-17(6-10-32)23-16-30-24-4-2-1-3-22(23)24/h1-4,13-18,25,30H,5-12H2,(H,31,36)(H,34,35). The highest BCUT2D eigenvalue weighted by Crippen LogP contribution is 2.35. The number of carboxylic acid groups (broad SMARTS) is 1. The quantitative estimate of drug-likeness (QED) is 0.331. The van der Waals surface area contributed by atoms with Crippen LogP contribution in [-0.4, -0.2) is 63.2 Å². The van der Waals surface area contributed by atoms with Gasteiger partial charge in [0.15, 0.2) is 5.11 Å². The summed E-state index contributed by atoms with van der Waals surface area (Å²) in [5.74, 6) is -0.155. The molecule has 0 spiro atoms. The Balaban J connectivity index is 1.17. The van der Waals surface area contributed by atoms with E-state index >= 15 is 0 Å². The molecule has 2 aromatic carbocycles. The molecule has 3 heterocycles. The van der Waals surface area contributed by atoms with Gasteiger partial charge in [0.05, 0.1) is 0 Å². The fraction of sp³-hybridized carbons (Fsp3) is 0.407. The van der Waals surface area contributed by atoms with Crippen molar-refractivity contribution in [1.82, 2.24) is 14.8 Å². The summed E-state index contributed by atoms with van der Waals surface area (Å²) in [6.45, 7) is 3.05. The number of aromatic amines is 1. The number of halogens is 2. The molecule has 0 bridgehead atoms. The summed E-state index contributed by atoms with van der Waals surface area (Å²) in [7, 11) is 0. The minimum atomic E-state index is -0.715. The van der Waals surface area contributed by atoms with Crippen molar-refractivity contribution in [3.05, 3.63) is 64.3 Å². The van der Waals surface area contributed by atoms with Gasteiger partial charge in [-0.3, -0.25) is 9.69 Å². The van der Waals surface area contributed by atoms with Gasteiger partial charge in [0.2, 0.25) is 0 Å². The van der Waals surface area contributed by atoms with E-state index in [4.69, 9.17) is 35.4 Å². The second kappa shape index (κ2) is 11.0. The highest BCUT2D eigenvalue weighted by atomic mass is 35.5. The van der Waals surface area contributed by atoms with Crippen LogP contribution in [0.2, 0.25) is 10.0 Å². The number of carbonyl (C=O) groups is 1. The molecule has 2 fully saturated rings. The van der Waals surface area contributed by atoms with Gasteiger partial charge in [-0.15, -0.1) is 0 Å². The Hall–Kier alpha value is -2.32. The van der Waals surface area contributed by atoms with E-state index in [-0.39, 0.29) is 5.92 Å². The molecule has 0 amide bonds. The highest BCUT2D eigenvalue weighted by molar-refractivity contribution is 7.80. The summed E-state index contributed by atoms with van der Waals surface area (Å²) in [6.07, 6.45) is 5.65. The van der Waals surface area contributed by atoms with E-state index in [2.05, 4.69) is 44.5 Å². The highest BCUT2D eigenvalue weighted by Gasteiger charge is 2.38. The first kappa shape index (κ1) is 25.3. The van der Waals surface area contributed by atoms with Gasteiger partial charge in [-0.1, -0.05) is 41.4 Å². The normalized spacial score (nSPS) is 18.9. The van der Waals surface area contributed by atoms with Crippen LogP contribution in [0.5, 0.6) is 0 Å². The van der Waals surface area contributed by atoms with Gasteiger partial charge in [0, 0.05) is 45.9 Å². The SMILES string of the molecule is O=C(O)C(C1CCN(C(=S)Nc2cc(Cl)cc(Cl)c2)CC1)N1CCC(c2c[nH]c3ccccc23)CC1. The van der Waals surface area contributed by atoms with E-state index in [0.29, 0.717) is 21.1 Å². The molecule has 9 heteroatoms. The van der Waals surface area contributed by atoms with Crippen molar-refractivity contribution < 1.29 is 9.90 Å². The number of thiocarbonyl (C=S) groups is 1. The number of hydrogen-bond donors (Lipinski definition) is 3. The Labute approximate surface area is 226 Å². The minimum Gasteiger partial charge on any atom is -0.480 e. The lowest BCUT2D eigenvalue weighted by Crippen LogP contribution is -2.52. The fourth-order valence-corrected chi connectivity index (χ4v) is 6.65. The van der Waals surface area contributed by atoms with Crippen molar-refractivity contribution >= 4 is 63.1 Å². The molecule has 36 heavy (non-hydrogen) atoms. The number of likely N-dealkylation sites (tertiary alicyclic amines) is 2. The number of nitrogens with one attached hydrogen (secondary N) is 2. The third-order valence-corrected chi connectivity index (χ3v) is 8.42. The van der Waals surface area contributed by atoms with Gasteiger partial charge in [-0.25, -0.2) is 0 Å². The van der Waals surface area contributed by atoms with Crippen LogP contribution in [0.1, 0.15) is 37.2 Å². The summed E-state index contributed by atoms with van der Waals surface area (Å²) in [5.41, 5.74) is 3.27. The van der Waals surface area contributed by atoms with E-state index in [9.17, 15) is 9.90 Å². The fourth-order valence-electron chi connectivity index (χ4n) is 5.82. The Morgan fingerprint density at radius 3 is 2.36 bits per heavy atom. The predicted octanol–water partition coefficient (Wildman–Crippen LogP) is 6.22. The molecule has 1 aromatic heterocycles. The van der Waals surface area contributed by atoms with Gasteiger partial charge >= 0.3 is 5.97 Å². The van der Waals surface area contributed by atoms with E-state index in [0.717, 1.165) is 63.1 Å². The smallest absolute Gasteiger partial charge is 0.321 e. The van der Waals surface area contributed by atoms with Crippen LogP contribution >= 0.6 is 35.4 Å². The van der Waals surface area contributed by atoms with Gasteiger partial charge in [0.25, 0.3) is 0 Å². The molecule has 2 saturated heterocycles. The molecule has 0 aliphatic carbocycles. The number of nitrogens with zero attached hydrogens (tertiary/aromatic N) is 2. The minimum absolute atomic E-state index is 0.104. The maximum atomic E-state index is 12.4. The summed E-state index contributed by atoms with van der Waals surface area (Å²) in [4.78, 5) is 20.1. The number of piperidine rings is 2. The Bertz CT molecular complexity index is 1230. The molecule has 2 aliphatic heterocycles. The van der Waals surface area contributed by atoms with Crippen molar-refractivity contribution in [2.75, 3.05) is 31.5 Å². The van der Waals surface area contributed by atoms with Crippen LogP contribution in [0.25, 0.3) is 10.9 Å². The molecule has 3 N–H and O–H groups in total. The zero-order valence-electron chi connectivity index (χ0n) is 19.9. The number of aliphatic carboxylic acids is 1. The molecular formula is C27H30Cl2N4O2S. The number of rotatable bonds is 5. The van der Waals surface area contributed by atoms with Gasteiger partial charge in [-0.2, -0.15) is 0 Å². The van der Waals surface area contributed by atoms with Crippen LogP contribution in [0, 0.1) is 5.92 Å². The van der Waals surface area contributed by atoms with Crippen LogP contribution in [0.15, 0.2) is 48.7 Å². The summed E-state index contributed by atoms with van der Waals surface area (Å²) in [5, 5.41) is 16.4. The zero-order chi connectivity index (χ0) is 25.2. The van der Waals surface area contributed by atoms with E-state index in [1.807, 2.05) is 6.07 Å².